The summed E-state index contributed by atoms with van der Waals surface area (Å²) in [6.45, 7) is 2.04. The molecule has 1 aliphatic carbocycles. The van der Waals surface area contributed by atoms with Gasteiger partial charge in [0.15, 0.2) is 0 Å². The minimum atomic E-state index is -4.66. The number of pyridine rings is 1. The van der Waals surface area contributed by atoms with Gasteiger partial charge in [0.25, 0.3) is 5.56 Å². The van der Waals surface area contributed by atoms with Crippen molar-refractivity contribution in [1.82, 2.24) is 8.98 Å². The molecule has 30 heavy (non-hydrogen) atoms. The molecule has 2 atom stereocenters. The molecule has 1 saturated carbocycles. The molecule has 1 aromatic heterocycles. The third-order valence-electron chi connectivity index (χ3n) is 5.82. The van der Waals surface area contributed by atoms with Gasteiger partial charge in [-0.25, -0.2) is 13.1 Å². The van der Waals surface area contributed by atoms with E-state index in [1.54, 1.807) is 5.01 Å². The quantitative estimate of drug-likeness (QED) is 0.674. The number of nitrogens with zero attached hydrogens (tertiary/aromatic N) is 4. The van der Waals surface area contributed by atoms with Crippen molar-refractivity contribution >= 4 is 15.8 Å². The van der Waals surface area contributed by atoms with Crippen molar-refractivity contribution in [3.8, 4) is 0 Å². The minimum absolute atomic E-state index is 0.0484. The lowest BCUT2D eigenvalue weighted by Crippen LogP contribution is -2.63. The van der Waals surface area contributed by atoms with Crippen molar-refractivity contribution in [2.75, 3.05) is 49.3 Å². The summed E-state index contributed by atoms with van der Waals surface area (Å²) in [5.41, 5.74) is -0.435. The highest BCUT2D eigenvalue weighted by Gasteiger charge is 2.51. The number of sulfonamides is 1. The first kappa shape index (κ1) is 21.4. The van der Waals surface area contributed by atoms with Crippen LogP contribution in [0.4, 0.5) is 19.0 Å². The average molecular weight is 450 g/mol. The number of piperazine rings is 1. The van der Waals surface area contributed by atoms with E-state index >= 15 is 0 Å². The van der Waals surface area contributed by atoms with Crippen molar-refractivity contribution in [2.45, 2.75) is 43.3 Å². The Balaban J connectivity index is 1.71. The van der Waals surface area contributed by atoms with E-state index in [4.69, 9.17) is 4.74 Å². The molecular weight excluding hydrogens is 425 g/mol. The summed E-state index contributed by atoms with van der Waals surface area (Å²) in [6, 6.07) is 1.98. The number of ether oxygens (including phenoxy) is 1. The zero-order valence-electron chi connectivity index (χ0n) is 16.6. The van der Waals surface area contributed by atoms with Crippen LogP contribution in [0.1, 0.15) is 19.8 Å². The maximum atomic E-state index is 14.0. The van der Waals surface area contributed by atoms with Gasteiger partial charge >= 0.3 is 6.18 Å². The fraction of sp³-hybridized carbons (Fsp3) is 0.722. The number of hydrogen-bond donors (Lipinski definition) is 0. The van der Waals surface area contributed by atoms with Crippen molar-refractivity contribution in [1.29, 1.82) is 0 Å². The van der Waals surface area contributed by atoms with Crippen LogP contribution in [0.2, 0.25) is 0 Å². The van der Waals surface area contributed by atoms with Crippen molar-refractivity contribution in [2.24, 2.45) is 0 Å². The molecular formula is C18H25F3N4O4S. The number of aromatic nitrogens is 1. The van der Waals surface area contributed by atoms with E-state index in [0.29, 0.717) is 32.6 Å². The molecule has 0 spiro atoms. The van der Waals surface area contributed by atoms with Crippen LogP contribution < -0.4 is 15.5 Å². The summed E-state index contributed by atoms with van der Waals surface area (Å²) in [4.78, 5) is 13.8. The Labute approximate surface area is 172 Å². The lowest BCUT2D eigenvalue weighted by molar-refractivity contribution is -0.153. The fourth-order valence-electron chi connectivity index (χ4n) is 4.08. The van der Waals surface area contributed by atoms with E-state index in [0.717, 1.165) is 9.21 Å². The van der Waals surface area contributed by atoms with Crippen LogP contribution >= 0.6 is 0 Å². The zero-order valence-corrected chi connectivity index (χ0v) is 17.4. The van der Waals surface area contributed by atoms with Crippen LogP contribution in [0.5, 0.6) is 0 Å². The Bertz CT molecular complexity index is 947. The largest absolute Gasteiger partial charge is 0.410 e. The molecule has 2 saturated heterocycles. The molecule has 168 valence electrons. The predicted octanol–water partition coefficient (Wildman–Crippen LogP) is 0.750. The summed E-state index contributed by atoms with van der Waals surface area (Å²) in [5.74, 6) is 0.113. The number of rotatable bonds is 4. The smallest absolute Gasteiger partial charge is 0.377 e. The highest BCUT2D eigenvalue weighted by atomic mass is 32.2. The van der Waals surface area contributed by atoms with E-state index in [-0.39, 0.29) is 24.9 Å². The second kappa shape index (κ2) is 7.72. The monoisotopic (exact) mass is 450 g/mol. The van der Waals surface area contributed by atoms with Crippen LogP contribution in [-0.2, 0) is 14.8 Å². The third kappa shape index (κ3) is 3.92. The third-order valence-corrected chi connectivity index (χ3v) is 8.19. The molecule has 0 radical (unpaired) electrons. The highest BCUT2D eigenvalue weighted by Crippen LogP contribution is 2.36. The van der Waals surface area contributed by atoms with Gasteiger partial charge in [0.2, 0.25) is 10.0 Å². The number of halogens is 3. The second-order valence-electron chi connectivity index (χ2n) is 7.97. The Kier molecular flexibility index (Phi) is 5.52. The van der Waals surface area contributed by atoms with Gasteiger partial charge in [0.1, 0.15) is 11.9 Å². The molecule has 12 heteroatoms. The average Bonchev–Trinajstić information content (AvgIpc) is 3.53. The standard InChI is InChI=1S/C18H25F3N4O4S/c1-13-12-29-10-9-24(13)25-16(3-2-4-17(25)26)23-8-7-22(11-15(23)18(19,20)21)30(27,28)14-5-6-14/h2-4,13-15H,5-12H2,1H3. The van der Waals surface area contributed by atoms with E-state index < -0.39 is 39.6 Å². The summed E-state index contributed by atoms with van der Waals surface area (Å²) in [6.07, 6.45) is -3.68. The summed E-state index contributed by atoms with van der Waals surface area (Å²) in [5, 5.41) is 1.14. The Morgan fingerprint density at radius 1 is 1.13 bits per heavy atom. The van der Waals surface area contributed by atoms with Gasteiger partial charge in [-0.3, -0.25) is 4.79 Å². The summed E-state index contributed by atoms with van der Waals surface area (Å²) >= 11 is 0. The maximum absolute atomic E-state index is 14.0. The fourth-order valence-corrected chi connectivity index (χ4v) is 5.92. The molecule has 3 fully saturated rings. The van der Waals surface area contributed by atoms with Crippen LogP contribution in [0.15, 0.2) is 23.0 Å². The molecule has 2 unspecified atom stereocenters. The Morgan fingerprint density at radius 2 is 1.87 bits per heavy atom. The topological polar surface area (TPSA) is 75.1 Å². The van der Waals surface area contributed by atoms with Crippen LogP contribution in [0.25, 0.3) is 0 Å². The first-order valence-corrected chi connectivity index (χ1v) is 11.5. The van der Waals surface area contributed by atoms with Crippen LogP contribution in [0.3, 0.4) is 0 Å². The number of alkyl halides is 3. The SMILES string of the molecule is CC1COCCN1n1c(N2CCN(S(=O)(=O)C3CC3)CC2C(F)(F)F)cccc1=O. The zero-order chi connectivity index (χ0) is 21.7. The van der Waals surface area contributed by atoms with Gasteiger partial charge in [0, 0.05) is 25.7 Å². The van der Waals surface area contributed by atoms with E-state index in [9.17, 15) is 26.4 Å². The predicted molar refractivity (Wildman–Crippen MR) is 105 cm³/mol. The lowest BCUT2D eigenvalue weighted by Gasteiger charge is -2.45. The Morgan fingerprint density at radius 3 is 2.50 bits per heavy atom. The van der Waals surface area contributed by atoms with E-state index in [2.05, 4.69) is 0 Å². The highest BCUT2D eigenvalue weighted by molar-refractivity contribution is 7.90. The maximum Gasteiger partial charge on any atom is 0.410 e. The van der Waals surface area contributed by atoms with E-state index in [1.165, 1.54) is 22.9 Å². The first-order valence-electron chi connectivity index (χ1n) is 10.00. The lowest BCUT2D eigenvalue weighted by atomic mass is 10.1. The van der Waals surface area contributed by atoms with Gasteiger partial charge in [0.05, 0.1) is 31.1 Å². The normalized spacial score (nSPS) is 26.8. The summed E-state index contributed by atoms with van der Waals surface area (Å²) in [7, 11) is -3.72. The van der Waals surface area contributed by atoms with Crippen LogP contribution in [0, 0.1) is 0 Å². The minimum Gasteiger partial charge on any atom is -0.377 e. The van der Waals surface area contributed by atoms with Gasteiger partial charge in [-0.05, 0) is 25.8 Å². The van der Waals surface area contributed by atoms with Crippen molar-refractivity contribution in [3.05, 3.63) is 28.6 Å². The Hall–Kier alpha value is -1.79. The van der Waals surface area contributed by atoms with Gasteiger partial charge in [-0.15, -0.1) is 0 Å². The first-order chi connectivity index (χ1) is 14.1. The summed E-state index contributed by atoms with van der Waals surface area (Å²) < 4.78 is 74.8. The molecule has 3 heterocycles. The van der Waals surface area contributed by atoms with E-state index in [1.807, 2.05) is 6.92 Å². The number of hydrogen-bond acceptors (Lipinski definition) is 6. The molecule has 0 bridgehead atoms. The molecule has 2 aliphatic heterocycles. The molecule has 0 N–H and O–H groups in total. The van der Waals surface area contributed by atoms with Crippen molar-refractivity contribution in [3.63, 3.8) is 0 Å². The van der Waals surface area contributed by atoms with Gasteiger partial charge < -0.3 is 14.6 Å². The molecule has 1 aromatic rings. The van der Waals surface area contributed by atoms with Gasteiger partial charge in [-0.2, -0.15) is 17.5 Å². The second-order valence-corrected chi connectivity index (χ2v) is 10.2. The molecule has 0 aromatic carbocycles. The van der Waals surface area contributed by atoms with Crippen LogP contribution in [-0.4, -0.2) is 80.3 Å². The molecule has 0 amide bonds. The van der Waals surface area contributed by atoms with Gasteiger partial charge in [-0.1, -0.05) is 6.07 Å². The molecule has 8 nitrogen and oxygen atoms in total. The number of morpholine rings is 1. The molecule has 4 rings (SSSR count). The molecule has 3 aliphatic rings. The number of anilines is 1. The van der Waals surface area contributed by atoms with Crippen molar-refractivity contribution < 1.29 is 26.3 Å².